The van der Waals surface area contributed by atoms with E-state index in [2.05, 4.69) is 16.7 Å². The van der Waals surface area contributed by atoms with Crippen molar-refractivity contribution in [1.82, 2.24) is 5.32 Å². The second-order valence-corrected chi connectivity index (χ2v) is 6.92. The number of nitrogens with two attached hydrogens (primary N) is 1. The first-order valence-corrected chi connectivity index (χ1v) is 8.99. The summed E-state index contributed by atoms with van der Waals surface area (Å²) >= 11 is 1.33. The van der Waals surface area contributed by atoms with E-state index >= 15 is 0 Å². The van der Waals surface area contributed by atoms with Gasteiger partial charge in [0.05, 0.1) is 18.4 Å². The van der Waals surface area contributed by atoms with Crippen LogP contribution in [0.3, 0.4) is 0 Å². The first-order chi connectivity index (χ1) is 11.5. The summed E-state index contributed by atoms with van der Waals surface area (Å²) in [6.07, 6.45) is 4.46. The molecule has 0 atom stereocenters. The molecule has 24 heavy (non-hydrogen) atoms. The summed E-state index contributed by atoms with van der Waals surface area (Å²) in [6, 6.07) is 9.70. The maximum Gasteiger partial charge on any atom is 0.240 e. The zero-order valence-electron chi connectivity index (χ0n) is 13.5. The van der Waals surface area contributed by atoms with Gasteiger partial charge in [-0.15, -0.1) is 11.8 Å². The molecule has 1 fully saturated rings. The Hall–Kier alpha value is -2.20. The first-order valence-electron chi connectivity index (χ1n) is 8.01. The van der Waals surface area contributed by atoms with Crippen LogP contribution in [-0.2, 0) is 9.59 Å². The number of hydrogen-bond donors (Lipinski definition) is 3. The Bertz CT molecular complexity index is 636. The normalized spacial score (nSPS) is 16.0. The highest BCUT2D eigenvalue weighted by atomic mass is 32.2. The lowest BCUT2D eigenvalue weighted by molar-refractivity contribution is -0.121. The van der Waals surface area contributed by atoms with Crippen molar-refractivity contribution in [2.45, 2.75) is 42.5 Å². The molecule has 7 heteroatoms. The molecule has 1 aromatic rings. The molecule has 0 radical (unpaired) electrons. The third-order valence-corrected chi connectivity index (χ3v) is 5.09. The summed E-state index contributed by atoms with van der Waals surface area (Å²) in [6.45, 7) is 0.0809. The fraction of sp³-hybridized carbons (Fsp3) is 0.471. The molecule has 0 heterocycles. The summed E-state index contributed by atoms with van der Waals surface area (Å²) in [4.78, 5) is 24.0. The number of thioether (sulfide) groups is 1. The van der Waals surface area contributed by atoms with Crippen LogP contribution in [0.5, 0.6) is 0 Å². The topological polar surface area (TPSA) is 108 Å². The summed E-state index contributed by atoms with van der Waals surface area (Å²) < 4.78 is 0. The minimum atomic E-state index is -0.725. The Morgan fingerprint density at radius 3 is 2.62 bits per heavy atom. The van der Waals surface area contributed by atoms with Gasteiger partial charge in [0.25, 0.3) is 0 Å². The number of nitrogens with zero attached hydrogens (tertiary/aromatic N) is 1. The Kier molecular flexibility index (Phi) is 6.50. The predicted molar refractivity (Wildman–Crippen MR) is 94.4 cm³/mol. The van der Waals surface area contributed by atoms with Crippen LogP contribution in [0.25, 0.3) is 0 Å². The molecule has 1 aromatic carbocycles. The number of nitriles is 1. The van der Waals surface area contributed by atoms with Crippen molar-refractivity contribution < 1.29 is 9.59 Å². The molecule has 0 aromatic heterocycles. The molecule has 1 aliphatic carbocycles. The maximum atomic E-state index is 12.2. The molecule has 2 rings (SSSR count). The molecule has 0 bridgehead atoms. The highest BCUT2D eigenvalue weighted by molar-refractivity contribution is 8.00. The largest absolute Gasteiger partial charge is 0.375 e. The lowest BCUT2D eigenvalue weighted by Crippen LogP contribution is -2.50. The van der Waals surface area contributed by atoms with E-state index in [-0.39, 0.29) is 24.1 Å². The van der Waals surface area contributed by atoms with Gasteiger partial charge < -0.3 is 16.4 Å². The number of carbonyl (C=O) groups is 2. The van der Waals surface area contributed by atoms with Gasteiger partial charge in [0.2, 0.25) is 11.8 Å². The SMILES string of the molecule is N#CC1(NC(=O)CNc2ccccc2SCC(N)=O)CCCCC1. The number of rotatable bonds is 7. The Morgan fingerprint density at radius 2 is 1.96 bits per heavy atom. The molecular formula is C17H22N4O2S. The van der Waals surface area contributed by atoms with Crippen molar-refractivity contribution in [2.24, 2.45) is 5.73 Å². The van der Waals surface area contributed by atoms with Crippen LogP contribution in [0.15, 0.2) is 29.2 Å². The molecule has 6 nitrogen and oxygen atoms in total. The zero-order valence-corrected chi connectivity index (χ0v) is 14.3. The third-order valence-electron chi connectivity index (χ3n) is 4.00. The number of benzene rings is 1. The molecule has 128 valence electrons. The van der Waals surface area contributed by atoms with Crippen molar-refractivity contribution in [3.63, 3.8) is 0 Å². The number of hydrogen-bond acceptors (Lipinski definition) is 5. The lowest BCUT2D eigenvalue weighted by Gasteiger charge is -2.31. The van der Waals surface area contributed by atoms with Gasteiger partial charge in [0.1, 0.15) is 5.54 Å². The van der Waals surface area contributed by atoms with Crippen molar-refractivity contribution in [3.05, 3.63) is 24.3 Å². The predicted octanol–water partition coefficient (Wildman–Crippen LogP) is 2.02. The van der Waals surface area contributed by atoms with E-state index in [4.69, 9.17) is 5.73 Å². The van der Waals surface area contributed by atoms with Crippen molar-refractivity contribution >= 4 is 29.3 Å². The number of amides is 2. The average Bonchev–Trinajstić information content (AvgIpc) is 2.59. The first kappa shape index (κ1) is 18.1. The van der Waals surface area contributed by atoms with Crippen LogP contribution in [0.2, 0.25) is 0 Å². The van der Waals surface area contributed by atoms with Crippen LogP contribution in [0.4, 0.5) is 5.69 Å². The molecule has 4 N–H and O–H groups in total. The van der Waals surface area contributed by atoms with Gasteiger partial charge in [-0.05, 0) is 25.0 Å². The van der Waals surface area contributed by atoms with Crippen LogP contribution in [-0.4, -0.2) is 29.7 Å². The number of para-hydroxylation sites is 1. The Labute approximate surface area is 146 Å². The fourth-order valence-electron chi connectivity index (χ4n) is 2.79. The van der Waals surface area contributed by atoms with Gasteiger partial charge in [-0.2, -0.15) is 5.26 Å². The molecule has 0 aliphatic heterocycles. The maximum absolute atomic E-state index is 12.2. The van der Waals surface area contributed by atoms with Gasteiger partial charge in [-0.3, -0.25) is 9.59 Å². The van der Waals surface area contributed by atoms with Crippen LogP contribution in [0.1, 0.15) is 32.1 Å². The number of carbonyl (C=O) groups excluding carboxylic acids is 2. The van der Waals surface area contributed by atoms with Crippen LogP contribution >= 0.6 is 11.8 Å². The summed E-state index contributed by atoms with van der Waals surface area (Å²) in [7, 11) is 0. The van der Waals surface area contributed by atoms with E-state index < -0.39 is 5.54 Å². The molecule has 0 saturated heterocycles. The average molecular weight is 346 g/mol. The summed E-state index contributed by atoms with van der Waals surface area (Å²) in [5.41, 5.74) is 5.22. The number of primary amides is 1. The van der Waals surface area contributed by atoms with E-state index in [1.54, 1.807) is 0 Å². The minimum absolute atomic E-state index is 0.0809. The van der Waals surface area contributed by atoms with E-state index in [0.29, 0.717) is 12.8 Å². The standard InChI is InChI=1S/C17H22N4O2S/c18-12-17(8-4-1-5-9-17)21-16(23)10-20-13-6-2-3-7-14(13)24-11-15(19)22/h2-3,6-7,20H,1,4-5,8-11H2,(H2,19,22)(H,21,23). The van der Waals surface area contributed by atoms with Gasteiger partial charge in [0.15, 0.2) is 0 Å². The minimum Gasteiger partial charge on any atom is -0.375 e. The fourth-order valence-corrected chi connectivity index (χ4v) is 3.56. The van der Waals surface area contributed by atoms with Gasteiger partial charge in [-0.1, -0.05) is 31.4 Å². The molecular weight excluding hydrogens is 324 g/mol. The molecule has 1 aliphatic rings. The van der Waals surface area contributed by atoms with Crippen molar-refractivity contribution in [3.8, 4) is 6.07 Å². The van der Waals surface area contributed by atoms with Gasteiger partial charge in [-0.25, -0.2) is 0 Å². The highest BCUT2D eigenvalue weighted by Gasteiger charge is 2.33. The van der Waals surface area contributed by atoms with Crippen LogP contribution < -0.4 is 16.4 Å². The second-order valence-electron chi connectivity index (χ2n) is 5.91. The zero-order chi connectivity index (χ0) is 17.4. The van der Waals surface area contributed by atoms with E-state index in [9.17, 15) is 14.9 Å². The lowest BCUT2D eigenvalue weighted by atomic mass is 9.83. The quantitative estimate of drug-likeness (QED) is 0.655. The van der Waals surface area contributed by atoms with E-state index in [0.717, 1.165) is 29.8 Å². The summed E-state index contributed by atoms with van der Waals surface area (Å²) in [5, 5.41) is 15.4. The van der Waals surface area contributed by atoms with Gasteiger partial charge in [0, 0.05) is 10.6 Å². The van der Waals surface area contributed by atoms with Crippen molar-refractivity contribution in [2.75, 3.05) is 17.6 Å². The van der Waals surface area contributed by atoms with E-state index in [1.165, 1.54) is 11.8 Å². The van der Waals surface area contributed by atoms with Crippen LogP contribution in [0, 0.1) is 11.3 Å². The molecule has 0 unspecified atom stereocenters. The third kappa shape index (κ3) is 5.17. The van der Waals surface area contributed by atoms with Crippen molar-refractivity contribution in [1.29, 1.82) is 5.26 Å². The Morgan fingerprint density at radius 1 is 1.25 bits per heavy atom. The van der Waals surface area contributed by atoms with Gasteiger partial charge >= 0.3 is 0 Å². The molecule has 0 spiro atoms. The monoisotopic (exact) mass is 346 g/mol. The summed E-state index contributed by atoms with van der Waals surface area (Å²) in [5.74, 6) is -0.406. The smallest absolute Gasteiger partial charge is 0.240 e. The molecule has 1 saturated carbocycles. The second kappa shape index (κ2) is 8.60. The number of nitrogens with one attached hydrogen (secondary N) is 2. The number of anilines is 1. The highest BCUT2D eigenvalue weighted by Crippen LogP contribution is 2.28. The van der Waals surface area contributed by atoms with E-state index in [1.807, 2.05) is 24.3 Å². The molecule has 2 amide bonds. The Balaban J connectivity index is 1.92.